The number of nitrogens with zero attached hydrogens (tertiary/aromatic N) is 1. The predicted molar refractivity (Wildman–Crippen MR) is 93.3 cm³/mol. The molecule has 0 aliphatic heterocycles. The van der Waals surface area contributed by atoms with Crippen molar-refractivity contribution in [2.24, 2.45) is 0 Å². The number of aromatic nitrogens is 1. The molecule has 0 unspecified atom stereocenters. The molecule has 0 saturated carbocycles. The highest BCUT2D eigenvalue weighted by atomic mass is 35.5. The second-order valence-corrected chi connectivity index (χ2v) is 6.47. The molecule has 1 amide bonds. The summed E-state index contributed by atoms with van der Waals surface area (Å²) in [6, 6.07) is 14.9. The maximum Gasteiger partial charge on any atom is 0.257 e. The summed E-state index contributed by atoms with van der Waals surface area (Å²) < 4.78 is 6.56. The van der Waals surface area contributed by atoms with Gasteiger partial charge in [-0.05, 0) is 36.4 Å². The van der Waals surface area contributed by atoms with Crippen molar-refractivity contribution in [3.63, 3.8) is 0 Å². The number of carbonyl (C=O) groups excluding carboxylic acids is 1. The van der Waals surface area contributed by atoms with Gasteiger partial charge in [-0.15, -0.1) is 11.3 Å². The van der Waals surface area contributed by atoms with Gasteiger partial charge >= 0.3 is 0 Å². The maximum absolute atomic E-state index is 11.8. The van der Waals surface area contributed by atoms with Crippen molar-refractivity contribution < 1.29 is 9.53 Å². The van der Waals surface area contributed by atoms with Gasteiger partial charge in [0.2, 0.25) is 0 Å². The van der Waals surface area contributed by atoms with Gasteiger partial charge in [0.1, 0.15) is 5.75 Å². The Kier molecular flexibility index (Phi) is 5.10. The number of thiazole rings is 1. The molecule has 23 heavy (non-hydrogen) atoms. The number of amides is 1. The lowest BCUT2D eigenvalue weighted by atomic mass is 10.3. The number of rotatable bonds is 6. The molecule has 1 heterocycles. The first-order valence-corrected chi connectivity index (χ1v) is 8.40. The van der Waals surface area contributed by atoms with Crippen molar-refractivity contribution in [1.82, 2.24) is 10.3 Å². The monoisotopic (exact) mass is 346 g/mol. The Hall–Kier alpha value is -2.11. The third kappa shape index (κ3) is 4.43. The minimum atomic E-state index is -0.152. The number of fused-ring (bicyclic) bond motifs is 1. The molecule has 1 aromatic heterocycles. The molecule has 0 fully saturated rings. The van der Waals surface area contributed by atoms with Crippen LogP contribution in [0.2, 0.25) is 5.02 Å². The SMILES string of the molecule is O=C(COc1ccc(Cl)cc1)NCCc1nc2ccccc2s1. The topological polar surface area (TPSA) is 51.2 Å². The maximum atomic E-state index is 11.8. The van der Waals surface area contributed by atoms with E-state index >= 15 is 0 Å². The van der Waals surface area contributed by atoms with Crippen LogP contribution in [0.5, 0.6) is 5.75 Å². The van der Waals surface area contributed by atoms with E-state index in [9.17, 15) is 4.79 Å². The summed E-state index contributed by atoms with van der Waals surface area (Å²) in [5.41, 5.74) is 1.00. The van der Waals surface area contributed by atoms with Crippen LogP contribution < -0.4 is 10.1 Å². The smallest absolute Gasteiger partial charge is 0.257 e. The minimum Gasteiger partial charge on any atom is -0.484 e. The fraction of sp³-hybridized carbons (Fsp3) is 0.176. The van der Waals surface area contributed by atoms with E-state index < -0.39 is 0 Å². The number of halogens is 1. The van der Waals surface area contributed by atoms with E-state index in [1.54, 1.807) is 35.6 Å². The van der Waals surface area contributed by atoms with E-state index in [4.69, 9.17) is 16.3 Å². The van der Waals surface area contributed by atoms with Gasteiger partial charge in [0.25, 0.3) is 5.91 Å². The normalized spacial score (nSPS) is 10.7. The summed E-state index contributed by atoms with van der Waals surface area (Å²) in [5.74, 6) is 0.469. The van der Waals surface area contributed by atoms with Crippen molar-refractivity contribution >= 4 is 39.1 Å². The molecule has 0 aliphatic carbocycles. The van der Waals surface area contributed by atoms with Crippen molar-refractivity contribution in [1.29, 1.82) is 0 Å². The number of hydrogen-bond donors (Lipinski definition) is 1. The van der Waals surface area contributed by atoms with Crippen LogP contribution in [0.15, 0.2) is 48.5 Å². The molecular weight excluding hydrogens is 332 g/mol. The van der Waals surface area contributed by atoms with Crippen LogP contribution in [0.25, 0.3) is 10.2 Å². The summed E-state index contributed by atoms with van der Waals surface area (Å²) in [4.78, 5) is 16.3. The molecule has 2 aromatic carbocycles. The first-order chi connectivity index (χ1) is 11.2. The molecule has 1 N–H and O–H groups in total. The number of carbonyl (C=O) groups is 1. The third-order valence-electron chi connectivity index (χ3n) is 3.18. The molecule has 0 spiro atoms. The van der Waals surface area contributed by atoms with Gasteiger partial charge in [-0.3, -0.25) is 4.79 Å². The number of hydrogen-bond acceptors (Lipinski definition) is 4. The standard InChI is InChI=1S/C17H15ClN2O2S/c18-12-5-7-13(8-6-12)22-11-16(21)19-10-9-17-20-14-3-1-2-4-15(14)23-17/h1-8H,9-11H2,(H,19,21). The number of ether oxygens (including phenoxy) is 1. The summed E-state index contributed by atoms with van der Waals surface area (Å²) in [5, 5.41) is 4.49. The number of benzene rings is 2. The minimum absolute atomic E-state index is 0.0124. The van der Waals surface area contributed by atoms with Crippen LogP contribution in [0, 0.1) is 0 Å². The van der Waals surface area contributed by atoms with Crippen molar-refractivity contribution in [3.05, 3.63) is 58.6 Å². The first-order valence-electron chi connectivity index (χ1n) is 7.20. The highest BCUT2D eigenvalue weighted by Gasteiger charge is 2.05. The van der Waals surface area contributed by atoms with Crippen molar-refractivity contribution in [2.75, 3.05) is 13.2 Å². The van der Waals surface area contributed by atoms with Crippen molar-refractivity contribution in [2.45, 2.75) is 6.42 Å². The zero-order chi connectivity index (χ0) is 16.1. The summed E-state index contributed by atoms with van der Waals surface area (Å²) in [7, 11) is 0. The quantitative estimate of drug-likeness (QED) is 0.740. The van der Waals surface area contributed by atoms with Gasteiger partial charge in [-0.1, -0.05) is 23.7 Å². The van der Waals surface area contributed by atoms with Crippen LogP contribution in [-0.2, 0) is 11.2 Å². The van der Waals surface area contributed by atoms with Crippen LogP contribution in [0.4, 0.5) is 0 Å². The zero-order valence-corrected chi connectivity index (χ0v) is 13.9. The predicted octanol–water partition coefficient (Wildman–Crippen LogP) is 3.69. The van der Waals surface area contributed by atoms with Crippen LogP contribution in [0.1, 0.15) is 5.01 Å². The number of nitrogens with one attached hydrogen (secondary N) is 1. The second kappa shape index (κ2) is 7.44. The van der Waals surface area contributed by atoms with E-state index in [2.05, 4.69) is 16.4 Å². The summed E-state index contributed by atoms with van der Waals surface area (Å²) in [6.07, 6.45) is 0.714. The number of para-hydroxylation sites is 1. The Bertz CT molecular complexity index is 769. The Morgan fingerprint density at radius 2 is 1.96 bits per heavy atom. The highest BCUT2D eigenvalue weighted by molar-refractivity contribution is 7.18. The molecule has 0 atom stereocenters. The largest absolute Gasteiger partial charge is 0.484 e. The molecule has 0 saturated heterocycles. The fourth-order valence-corrected chi connectivity index (χ4v) is 3.16. The van der Waals surface area contributed by atoms with E-state index in [1.165, 1.54) is 4.70 Å². The van der Waals surface area contributed by atoms with Gasteiger partial charge in [0, 0.05) is 18.0 Å². The summed E-state index contributed by atoms with van der Waals surface area (Å²) in [6.45, 7) is 0.532. The van der Waals surface area contributed by atoms with Crippen LogP contribution >= 0.6 is 22.9 Å². The van der Waals surface area contributed by atoms with E-state index in [1.807, 2.05) is 18.2 Å². The molecule has 118 valence electrons. The van der Waals surface area contributed by atoms with Crippen LogP contribution in [0.3, 0.4) is 0 Å². The van der Waals surface area contributed by atoms with E-state index in [0.717, 1.165) is 10.5 Å². The van der Waals surface area contributed by atoms with Gasteiger partial charge in [-0.25, -0.2) is 4.98 Å². The van der Waals surface area contributed by atoms with E-state index in [0.29, 0.717) is 23.7 Å². The van der Waals surface area contributed by atoms with E-state index in [-0.39, 0.29) is 12.5 Å². The molecule has 6 heteroatoms. The third-order valence-corrected chi connectivity index (χ3v) is 4.53. The molecule has 4 nitrogen and oxygen atoms in total. The van der Waals surface area contributed by atoms with Crippen LogP contribution in [-0.4, -0.2) is 24.0 Å². The fourth-order valence-electron chi connectivity index (χ4n) is 2.07. The second-order valence-electron chi connectivity index (χ2n) is 4.92. The lowest BCUT2D eigenvalue weighted by Crippen LogP contribution is -2.30. The van der Waals surface area contributed by atoms with Gasteiger partial charge in [-0.2, -0.15) is 0 Å². The summed E-state index contributed by atoms with van der Waals surface area (Å²) >= 11 is 7.44. The molecular formula is C17H15ClN2O2S. The lowest BCUT2D eigenvalue weighted by Gasteiger charge is -2.06. The van der Waals surface area contributed by atoms with Crippen molar-refractivity contribution in [3.8, 4) is 5.75 Å². The van der Waals surface area contributed by atoms with Gasteiger partial charge in [0.15, 0.2) is 6.61 Å². The lowest BCUT2D eigenvalue weighted by molar-refractivity contribution is -0.123. The Morgan fingerprint density at radius 1 is 1.17 bits per heavy atom. The molecule has 0 bridgehead atoms. The Morgan fingerprint density at radius 3 is 2.74 bits per heavy atom. The first kappa shape index (κ1) is 15.8. The van der Waals surface area contributed by atoms with Gasteiger partial charge < -0.3 is 10.1 Å². The average molecular weight is 347 g/mol. The molecule has 0 radical (unpaired) electrons. The molecule has 3 aromatic rings. The highest BCUT2D eigenvalue weighted by Crippen LogP contribution is 2.21. The molecule has 0 aliphatic rings. The zero-order valence-electron chi connectivity index (χ0n) is 12.3. The molecule has 3 rings (SSSR count). The Labute approximate surface area is 143 Å². The average Bonchev–Trinajstić information content (AvgIpc) is 2.97. The Balaban J connectivity index is 1.43. The van der Waals surface area contributed by atoms with Gasteiger partial charge in [0.05, 0.1) is 15.2 Å².